The molecule has 0 amide bonds. The number of methoxy groups -OCH3 is 1. The molecule has 0 aromatic heterocycles. The van der Waals surface area contributed by atoms with Crippen molar-refractivity contribution in [3.8, 4) is 5.75 Å². The highest BCUT2D eigenvalue weighted by Crippen LogP contribution is 2.30. The Kier molecular flexibility index (Phi) is 4.38. The molecule has 0 saturated carbocycles. The summed E-state index contributed by atoms with van der Waals surface area (Å²) in [7, 11) is -2.48. The van der Waals surface area contributed by atoms with Gasteiger partial charge in [-0.3, -0.25) is 4.72 Å². The second kappa shape index (κ2) is 5.90. The number of hydrogen-bond acceptors (Lipinski definition) is 4. The fourth-order valence-electron chi connectivity index (χ4n) is 1.69. The van der Waals surface area contributed by atoms with Crippen molar-refractivity contribution < 1.29 is 17.5 Å². The van der Waals surface area contributed by atoms with Gasteiger partial charge in [-0.2, -0.15) is 0 Å². The van der Waals surface area contributed by atoms with Crippen molar-refractivity contribution in [1.29, 1.82) is 0 Å². The third-order valence-electron chi connectivity index (χ3n) is 2.71. The van der Waals surface area contributed by atoms with E-state index in [0.717, 1.165) is 6.07 Å². The molecule has 21 heavy (non-hydrogen) atoms. The minimum absolute atomic E-state index is 0.298. The van der Waals surface area contributed by atoms with Gasteiger partial charge in [-0.05, 0) is 46.3 Å². The van der Waals surface area contributed by atoms with Crippen LogP contribution in [0.4, 0.5) is 15.8 Å². The number of anilines is 2. The largest absolute Gasteiger partial charge is 0.496 e. The summed E-state index contributed by atoms with van der Waals surface area (Å²) in [5.74, 6) is -0.225. The van der Waals surface area contributed by atoms with Crippen molar-refractivity contribution in [2.45, 2.75) is 4.90 Å². The molecule has 0 atom stereocenters. The Labute approximate surface area is 130 Å². The number of hydrogen-bond donors (Lipinski definition) is 2. The zero-order valence-corrected chi connectivity index (χ0v) is 13.3. The van der Waals surface area contributed by atoms with Crippen LogP contribution in [0.2, 0.25) is 0 Å². The fraction of sp³-hybridized carbons (Fsp3) is 0.0769. The molecule has 0 unspecified atom stereocenters. The van der Waals surface area contributed by atoms with Crippen LogP contribution in [0.5, 0.6) is 5.75 Å². The molecule has 0 aliphatic heterocycles. The molecular weight excluding hydrogens is 363 g/mol. The third kappa shape index (κ3) is 3.27. The maximum Gasteiger partial charge on any atom is 0.264 e. The summed E-state index contributed by atoms with van der Waals surface area (Å²) in [4.78, 5) is -0.311. The lowest BCUT2D eigenvalue weighted by Crippen LogP contribution is -2.15. The number of halogens is 2. The van der Waals surface area contributed by atoms with Gasteiger partial charge in [0, 0.05) is 0 Å². The van der Waals surface area contributed by atoms with Gasteiger partial charge in [0.25, 0.3) is 10.0 Å². The van der Waals surface area contributed by atoms with Crippen LogP contribution >= 0.6 is 15.9 Å². The highest BCUT2D eigenvalue weighted by Gasteiger charge is 2.20. The predicted molar refractivity (Wildman–Crippen MR) is 82.3 cm³/mol. The van der Waals surface area contributed by atoms with E-state index in [0.29, 0.717) is 15.9 Å². The molecule has 0 fully saturated rings. The molecule has 0 aliphatic carbocycles. The summed E-state index contributed by atoms with van der Waals surface area (Å²) in [6.45, 7) is 0. The molecule has 8 heteroatoms. The lowest BCUT2D eigenvalue weighted by atomic mass is 10.3. The van der Waals surface area contributed by atoms with Crippen molar-refractivity contribution >= 4 is 37.3 Å². The molecule has 2 aromatic rings. The van der Waals surface area contributed by atoms with Gasteiger partial charge < -0.3 is 10.5 Å². The zero-order chi connectivity index (χ0) is 15.6. The number of nitrogens with two attached hydrogens (primary N) is 1. The lowest BCUT2D eigenvalue weighted by Gasteiger charge is -2.11. The average molecular weight is 375 g/mol. The molecule has 0 bridgehead atoms. The number of nitrogen functional groups attached to an aromatic ring is 1. The van der Waals surface area contributed by atoms with Gasteiger partial charge in [-0.25, -0.2) is 12.8 Å². The summed E-state index contributed by atoms with van der Waals surface area (Å²) >= 11 is 3.25. The summed E-state index contributed by atoms with van der Waals surface area (Å²) in [6.07, 6.45) is 0. The van der Waals surface area contributed by atoms with E-state index in [1.807, 2.05) is 0 Å². The summed E-state index contributed by atoms with van der Waals surface area (Å²) in [5, 5.41) is 0. The molecule has 2 aromatic carbocycles. The molecule has 0 radical (unpaired) electrons. The van der Waals surface area contributed by atoms with E-state index in [9.17, 15) is 12.8 Å². The van der Waals surface area contributed by atoms with Crippen LogP contribution in [0.15, 0.2) is 45.8 Å². The number of benzene rings is 2. The first-order chi connectivity index (χ1) is 9.85. The predicted octanol–water partition coefficient (Wildman–Crippen LogP) is 2.98. The Bertz CT molecular complexity index is 781. The number of ether oxygens (including phenoxy) is 1. The van der Waals surface area contributed by atoms with Gasteiger partial charge in [-0.1, -0.05) is 6.07 Å². The standard InChI is InChI=1S/C13H12BrFN2O3S/c1-20-11-6-5-8(7-9(11)14)17-21(18,19)12-4-2-3-10(15)13(12)16/h2-7,17H,16H2,1H3. The Hall–Kier alpha value is -1.80. The summed E-state index contributed by atoms with van der Waals surface area (Å²) in [5.41, 5.74) is 5.35. The highest BCUT2D eigenvalue weighted by molar-refractivity contribution is 9.10. The van der Waals surface area contributed by atoms with Crippen LogP contribution < -0.4 is 15.2 Å². The molecule has 0 saturated heterocycles. The Morgan fingerprint density at radius 2 is 2.00 bits per heavy atom. The van der Waals surface area contributed by atoms with Crippen molar-refractivity contribution in [2.75, 3.05) is 17.6 Å². The van der Waals surface area contributed by atoms with Crippen LogP contribution in [-0.4, -0.2) is 15.5 Å². The minimum atomic E-state index is -3.98. The van der Waals surface area contributed by atoms with Crippen molar-refractivity contribution in [2.24, 2.45) is 0 Å². The number of sulfonamides is 1. The first-order valence-electron chi connectivity index (χ1n) is 5.75. The van der Waals surface area contributed by atoms with E-state index in [-0.39, 0.29) is 4.90 Å². The Balaban J connectivity index is 2.38. The topological polar surface area (TPSA) is 81.4 Å². The number of para-hydroxylation sites is 1. The van der Waals surface area contributed by atoms with Gasteiger partial charge in [0.05, 0.1) is 23.0 Å². The van der Waals surface area contributed by atoms with Crippen LogP contribution in [0.25, 0.3) is 0 Å². The monoisotopic (exact) mass is 374 g/mol. The molecular formula is C13H12BrFN2O3S. The molecule has 112 valence electrons. The summed E-state index contributed by atoms with van der Waals surface area (Å²) < 4.78 is 45.8. The molecule has 3 N–H and O–H groups in total. The van der Waals surface area contributed by atoms with Gasteiger partial charge in [0.15, 0.2) is 0 Å². The zero-order valence-electron chi connectivity index (χ0n) is 10.9. The third-order valence-corrected chi connectivity index (χ3v) is 4.77. The van der Waals surface area contributed by atoms with Crippen molar-refractivity contribution in [3.05, 3.63) is 46.7 Å². The van der Waals surface area contributed by atoms with E-state index in [4.69, 9.17) is 10.5 Å². The number of nitrogens with one attached hydrogen (secondary N) is 1. The van der Waals surface area contributed by atoms with Crippen LogP contribution in [0.3, 0.4) is 0 Å². The molecule has 0 heterocycles. The van der Waals surface area contributed by atoms with Gasteiger partial charge in [0.1, 0.15) is 16.5 Å². The summed E-state index contributed by atoms with van der Waals surface area (Å²) in [6, 6.07) is 8.27. The van der Waals surface area contributed by atoms with E-state index in [1.165, 1.54) is 31.4 Å². The number of rotatable bonds is 4. The minimum Gasteiger partial charge on any atom is -0.496 e. The second-order valence-corrected chi connectivity index (χ2v) is 6.61. The molecule has 2 rings (SSSR count). The SMILES string of the molecule is COc1ccc(NS(=O)(=O)c2cccc(F)c2N)cc1Br. The van der Waals surface area contributed by atoms with Crippen molar-refractivity contribution in [3.63, 3.8) is 0 Å². The van der Waals surface area contributed by atoms with E-state index in [2.05, 4.69) is 20.7 Å². The van der Waals surface area contributed by atoms with Crippen LogP contribution in [0.1, 0.15) is 0 Å². The van der Waals surface area contributed by atoms with E-state index < -0.39 is 21.5 Å². The average Bonchev–Trinajstić information content (AvgIpc) is 2.41. The smallest absolute Gasteiger partial charge is 0.264 e. The maximum absolute atomic E-state index is 13.4. The fourth-order valence-corrected chi connectivity index (χ4v) is 3.42. The van der Waals surface area contributed by atoms with Gasteiger partial charge in [-0.15, -0.1) is 0 Å². The van der Waals surface area contributed by atoms with E-state index >= 15 is 0 Å². The Morgan fingerprint density at radius 1 is 1.29 bits per heavy atom. The van der Waals surface area contributed by atoms with Crippen LogP contribution in [-0.2, 0) is 10.0 Å². The van der Waals surface area contributed by atoms with Crippen molar-refractivity contribution in [1.82, 2.24) is 0 Å². The maximum atomic E-state index is 13.4. The normalized spacial score (nSPS) is 11.2. The lowest BCUT2D eigenvalue weighted by molar-refractivity contribution is 0.412. The van der Waals surface area contributed by atoms with Gasteiger partial charge in [0.2, 0.25) is 0 Å². The first-order valence-corrected chi connectivity index (χ1v) is 8.03. The van der Waals surface area contributed by atoms with E-state index in [1.54, 1.807) is 6.07 Å². The quantitative estimate of drug-likeness (QED) is 0.806. The van der Waals surface area contributed by atoms with Crippen LogP contribution in [0, 0.1) is 5.82 Å². The van der Waals surface area contributed by atoms with Gasteiger partial charge >= 0.3 is 0 Å². The second-order valence-electron chi connectivity index (χ2n) is 4.11. The molecule has 0 spiro atoms. The highest BCUT2D eigenvalue weighted by atomic mass is 79.9. The first kappa shape index (κ1) is 15.6. The molecule has 0 aliphatic rings. The Morgan fingerprint density at radius 3 is 2.62 bits per heavy atom. The molecule has 5 nitrogen and oxygen atoms in total.